The molecule has 2 unspecified atom stereocenters. The number of nitrogens with one attached hydrogen (secondary N) is 1. The van der Waals surface area contributed by atoms with E-state index in [1.165, 1.54) is 6.42 Å². The zero-order valence-corrected chi connectivity index (χ0v) is 10.9. The van der Waals surface area contributed by atoms with Gasteiger partial charge in [0.1, 0.15) is 0 Å². The van der Waals surface area contributed by atoms with E-state index in [2.05, 4.69) is 12.2 Å². The number of hydrogen-bond donors (Lipinski definition) is 2. The van der Waals surface area contributed by atoms with Gasteiger partial charge in [0.15, 0.2) is 0 Å². The molecule has 0 aromatic carbocycles. The molecule has 2 saturated carbocycles. The maximum atomic E-state index is 12.6. The van der Waals surface area contributed by atoms with Gasteiger partial charge in [-0.3, -0.25) is 0 Å². The maximum Gasteiger partial charge on any atom is 0.391 e. The Morgan fingerprint density at radius 1 is 1.28 bits per heavy atom. The molecule has 0 radical (unpaired) electrons. The first-order valence-corrected chi connectivity index (χ1v) is 6.88. The summed E-state index contributed by atoms with van der Waals surface area (Å²) in [6.45, 7) is 3.57. The molecule has 0 saturated heterocycles. The van der Waals surface area contributed by atoms with E-state index in [4.69, 9.17) is 5.73 Å². The minimum absolute atomic E-state index is 0.216. The van der Waals surface area contributed by atoms with Gasteiger partial charge in [-0.05, 0) is 50.5 Å². The van der Waals surface area contributed by atoms with Crippen LogP contribution in [0.4, 0.5) is 13.2 Å². The first-order valence-electron chi connectivity index (χ1n) is 6.88. The highest BCUT2D eigenvalue weighted by Gasteiger charge is 2.45. The third kappa shape index (κ3) is 3.18. The fourth-order valence-corrected chi connectivity index (χ4v) is 2.98. The Labute approximate surface area is 106 Å². The quantitative estimate of drug-likeness (QED) is 0.819. The van der Waals surface area contributed by atoms with Crippen LogP contribution >= 0.6 is 0 Å². The lowest BCUT2D eigenvalue weighted by Gasteiger charge is -2.41. The predicted molar refractivity (Wildman–Crippen MR) is 65.1 cm³/mol. The smallest absolute Gasteiger partial charge is 0.329 e. The first kappa shape index (κ1) is 14.1. The number of halogens is 3. The minimum atomic E-state index is -4.04. The van der Waals surface area contributed by atoms with E-state index in [1.807, 2.05) is 0 Å². The van der Waals surface area contributed by atoms with Crippen LogP contribution in [0.3, 0.4) is 0 Å². The van der Waals surface area contributed by atoms with Gasteiger partial charge in [-0.1, -0.05) is 6.92 Å². The van der Waals surface area contributed by atoms with Crippen LogP contribution in [-0.4, -0.2) is 24.8 Å². The largest absolute Gasteiger partial charge is 0.391 e. The van der Waals surface area contributed by atoms with Crippen LogP contribution in [0.2, 0.25) is 0 Å². The average molecular weight is 264 g/mol. The van der Waals surface area contributed by atoms with Crippen molar-refractivity contribution >= 4 is 0 Å². The second-order valence-corrected chi connectivity index (χ2v) is 6.15. The summed E-state index contributed by atoms with van der Waals surface area (Å²) in [4.78, 5) is 0. The molecule has 3 N–H and O–H groups in total. The molecule has 5 heteroatoms. The molecule has 0 aromatic heterocycles. The topological polar surface area (TPSA) is 38.0 Å². The molecule has 2 rings (SSSR count). The van der Waals surface area contributed by atoms with Crippen molar-refractivity contribution in [3.8, 4) is 0 Å². The van der Waals surface area contributed by atoms with Gasteiger partial charge < -0.3 is 11.1 Å². The molecule has 0 spiro atoms. The van der Waals surface area contributed by atoms with Gasteiger partial charge in [-0.15, -0.1) is 0 Å². The monoisotopic (exact) mass is 264 g/mol. The van der Waals surface area contributed by atoms with Crippen molar-refractivity contribution in [3.05, 3.63) is 0 Å². The normalized spacial score (nSPS) is 40.8. The molecule has 18 heavy (non-hydrogen) atoms. The molecule has 0 aliphatic heterocycles. The van der Waals surface area contributed by atoms with Gasteiger partial charge >= 0.3 is 6.18 Å². The number of hydrogen-bond acceptors (Lipinski definition) is 2. The van der Waals surface area contributed by atoms with Gasteiger partial charge in [0, 0.05) is 12.1 Å². The van der Waals surface area contributed by atoms with E-state index in [0.717, 1.165) is 12.5 Å². The number of alkyl halides is 3. The van der Waals surface area contributed by atoms with Crippen molar-refractivity contribution in [2.24, 2.45) is 23.5 Å². The summed E-state index contributed by atoms with van der Waals surface area (Å²) in [6, 6.07) is 0. The molecule has 2 nitrogen and oxygen atoms in total. The Kier molecular flexibility index (Phi) is 3.93. The van der Waals surface area contributed by atoms with Crippen LogP contribution in [0.1, 0.15) is 39.0 Å². The summed E-state index contributed by atoms with van der Waals surface area (Å²) in [6.07, 6.45) is -1.27. The van der Waals surface area contributed by atoms with E-state index in [-0.39, 0.29) is 18.4 Å². The molecule has 0 heterocycles. The fraction of sp³-hybridized carbons (Fsp3) is 1.00. The van der Waals surface area contributed by atoms with Gasteiger partial charge in [0.25, 0.3) is 0 Å². The predicted octanol–water partition coefficient (Wildman–Crippen LogP) is 2.68. The van der Waals surface area contributed by atoms with Crippen molar-refractivity contribution < 1.29 is 13.2 Å². The molecule has 0 aromatic rings. The van der Waals surface area contributed by atoms with Crippen molar-refractivity contribution in [1.82, 2.24) is 5.32 Å². The highest BCUT2D eigenvalue weighted by molar-refractivity contribution is 4.97. The van der Waals surface area contributed by atoms with Crippen molar-refractivity contribution in [2.75, 3.05) is 13.1 Å². The van der Waals surface area contributed by atoms with Gasteiger partial charge in [0.2, 0.25) is 0 Å². The van der Waals surface area contributed by atoms with Crippen molar-refractivity contribution in [2.45, 2.75) is 50.7 Å². The zero-order valence-electron chi connectivity index (χ0n) is 10.9. The molecule has 0 bridgehead atoms. The van der Waals surface area contributed by atoms with Crippen LogP contribution < -0.4 is 11.1 Å². The first-order chi connectivity index (χ1) is 8.36. The Morgan fingerprint density at radius 2 is 1.83 bits per heavy atom. The van der Waals surface area contributed by atoms with Crippen molar-refractivity contribution in [1.29, 1.82) is 0 Å². The second kappa shape index (κ2) is 5.00. The third-order valence-corrected chi connectivity index (χ3v) is 4.81. The molecular weight excluding hydrogens is 241 g/mol. The lowest BCUT2D eigenvalue weighted by atomic mass is 9.76. The summed E-state index contributed by atoms with van der Waals surface area (Å²) in [5, 5.41) is 3.46. The lowest BCUT2D eigenvalue weighted by Crippen LogP contribution is -2.54. The average Bonchev–Trinajstić information content (AvgIpc) is 3.02. The Morgan fingerprint density at radius 3 is 2.22 bits per heavy atom. The van der Waals surface area contributed by atoms with Gasteiger partial charge in [0.05, 0.1) is 5.92 Å². The lowest BCUT2D eigenvalue weighted by molar-refractivity contribution is -0.185. The zero-order chi connectivity index (χ0) is 13.4. The summed E-state index contributed by atoms with van der Waals surface area (Å²) in [7, 11) is 0. The SMILES string of the molecule is CC1CC1CNC1(CN)CCC(C(F)(F)F)CC1. The summed E-state index contributed by atoms with van der Waals surface area (Å²) < 4.78 is 37.9. The molecule has 106 valence electrons. The van der Waals surface area contributed by atoms with Crippen molar-refractivity contribution in [3.63, 3.8) is 0 Å². The van der Waals surface area contributed by atoms with E-state index >= 15 is 0 Å². The Balaban J connectivity index is 1.83. The molecule has 2 fully saturated rings. The van der Waals surface area contributed by atoms with Crippen LogP contribution in [0.5, 0.6) is 0 Å². The van der Waals surface area contributed by atoms with E-state index in [9.17, 15) is 13.2 Å². The molecule has 2 aliphatic rings. The highest BCUT2D eigenvalue weighted by Crippen LogP contribution is 2.42. The molecular formula is C13H23F3N2. The van der Waals surface area contributed by atoms with E-state index in [0.29, 0.717) is 25.3 Å². The molecule has 2 aliphatic carbocycles. The van der Waals surface area contributed by atoms with Gasteiger partial charge in [-0.2, -0.15) is 13.2 Å². The minimum Gasteiger partial charge on any atom is -0.329 e. The maximum absolute atomic E-state index is 12.6. The van der Waals surface area contributed by atoms with Gasteiger partial charge in [-0.25, -0.2) is 0 Å². The fourth-order valence-electron chi connectivity index (χ4n) is 2.98. The highest BCUT2D eigenvalue weighted by atomic mass is 19.4. The Hall–Kier alpha value is -0.290. The molecule has 0 amide bonds. The Bertz CT molecular complexity index is 282. The summed E-state index contributed by atoms with van der Waals surface area (Å²) in [5.74, 6) is 0.339. The third-order valence-electron chi connectivity index (χ3n) is 4.81. The van der Waals surface area contributed by atoms with Crippen LogP contribution in [0.15, 0.2) is 0 Å². The van der Waals surface area contributed by atoms with Crippen LogP contribution in [0, 0.1) is 17.8 Å². The second-order valence-electron chi connectivity index (χ2n) is 6.15. The van der Waals surface area contributed by atoms with Crippen LogP contribution in [0.25, 0.3) is 0 Å². The summed E-state index contributed by atoms with van der Waals surface area (Å²) >= 11 is 0. The summed E-state index contributed by atoms with van der Waals surface area (Å²) in [5.41, 5.74) is 5.54. The van der Waals surface area contributed by atoms with E-state index in [1.54, 1.807) is 0 Å². The van der Waals surface area contributed by atoms with E-state index < -0.39 is 12.1 Å². The number of nitrogens with two attached hydrogens (primary N) is 1. The van der Waals surface area contributed by atoms with Crippen LogP contribution in [-0.2, 0) is 0 Å². The standard InChI is InChI=1S/C13H23F3N2/c1-9-6-10(9)7-18-12(8-17)4-2-11(3-5-12)13(14,15)16/h9-11,18H,2-8,17H2,1H3. The molecule has 2 atom stereocenters. The number of rotatable bonds is 4.